The maximum absolute atomic E-state index is 13.3. The molecule has 8 unspecified atom stereocenters. The zero-order valence-corrected chi connectivity index (χ0v) is 21.5. The fourth-order valence-electron chi connectivity index (χ4n) is 9.55. The van der Waals surface area contributed by atoms with Crippen LogP contribution in [0.2, 0.25) is 0 Å². The third kappa shape index (κ3) is 3.47. The topological polar surface area (TPSA) is 57.5 Å². The molecule has 4 fully saturated rings. The average molecular weight is 445 g/mol. The molecule has 4 aliphatic rings. The van der Waals surface area contributed by atoms with Gasteiger partial charge in [0.05, 0.1) is 12.2 Å². The molecular formula is C29H48O3. The quantitative estimate of drug-likeness (QED) is 0.501. The molecule has 0 aliphatic heterocycles. The smallest absolute Gasteiger partial charge is 0.136 e. The van der Waals surface area contributed by atoms with Crippen LogP contribution in [-0.2, 0) is 4.79 Å². The van der Waals surface area contributed by atoms with Gasteiger partial charge in [0.25, 0.3) is 0 Å². The molecule has 3 heteroatoms. The van der Waals surface area contributed by atoms with Crippen LogP contribution >= 0.6 is 0 Å². The zero-order valence-electron chi connectivity index (χ0n) is 21.5. The highest BCUT2D eigenvalue weighted by molar-refractivity contribution is 5.82. The predicted octanol–water partition coefficient (Wildman–Crippen LogP) is 6.32. The summed E-state index contributed by atoms with van der Waals surface area (Å²) in [6, 6.07) is 0. The highest BCUT2D eigenvalue weighted by Crippen LogP contribution is 2.64. The van der Waals surface area contributed by atoms with Gasteiger partial charge in [0.2, 0.25) is 0 Å². The molecular weight excluding hydrogens is 396 g/mol. The Morgan fingerprint density at radius 1 is 0.750 bits per heavy atom. The average Bonchev–Trinajstić information content (AvgIpc) is 2.69. The molecule has 0 heterocycles. The molecule has 3 nitrogen and oxygen atoms in total. The van der Waals surface area contributed by atoms with E-state index in [1.165, 1.54) is 5.57 Å². The maximum Gasteiger partial charge on any atom is 0.136 e. The number of ketones is 1. The van der Waals surface area contributed by atoms with E-state index in [4.69, 9.17) is 0 Å². The van der Waals surface area contributed by atoms with Crippen molar-refractivity contribution in [3.63, 3.8) is 0 Å². The molecule has 32 heavy (non-hydrogen) atoms. The van der Waals surface area contributed by atoms with E-state index in [1.54, 1.807) is 0 Å². The van der Waals surface area contributed by atoms with E-state index in [0.717, 1.165) is 57.8 Å². The Labute approximate surface area is 196 Å². The van der Waals surface area contributed by atoms with Gasteiger partial charge in [-0.05, 0) is 97.2 Å². The number of carbonyl (C=O) groups excluding carboxylic acids is 1. The van der Waals surface area contributed by atoms with Crippen LogP contribution in [0.3, 0.4) is 0 Å². The van der Waals surface area contributed by atoms with Gasteiger partial charge in [-0.3, -0.25) is 4.79 Å². The predicted molar refractivity (Wildman–Crippen MR) is 130 cm³/mol. The molecule has 0 spiro atoms. The molecule has 0 aromatic heterocycles. The Morgan fingerprint density at radius 2 is 1.19 bits per heavy atom. The largest absolute Gasteiger partial charge is 0.393 e. The highest BCUT2D eigenvalue weighted by atomic mass is 16.3. The van der Waals surface area contributed by atoms with Crippen molar-refractivity contribution in [1.82, 2.24) is 0 Å². The van der Waals surface area contributed by atoms with Crippen LogP contribution in [0.1, 0.15) is 106 Å². The van der Waals surface area contributed by atoms with Gasteiger partial charge in [-0.2, -0.15) is 0 Å². The molecule has 0 saturated heterocycles. The van der Waals surface area contributed by atoms with Gasteiger partial charge in [-0.15, -0.1) is 0 Å². The van der Waals surface area contributed by atoms with Crippen LogP contribution in [0.5, 0.6) is 0 Å². The first-order valence-electron chi connectivity index (χ1n) is 13.3. The fraction of sp³-hybridized carbons (Fsp3) is 0.897. The molecule has 0 aromatic rings. The Morgan fingerprint density at radius 3 is 1.72 bits per heavy atom. The first kappa shape index (κ1) is 24.5. The number of hydrogen-bond donors (Lipinski definition) is 2. The summed E-state index contributed by atoms with van der Waals surface area (Å²) >= 11 is 0. The normalized spacial score (nSPS) is 48.1. The summed E-state index contributed by atoms with van der Waals surface area (Å²) in [6.07, 6.45) is 9.00. The number of allylic oxidation sites excluding steroid dienone is 1. The minimum absolute atomic E-state index is 0.00357. The number of carbonyl (C=O) groups is 1. The van der Waals surface area contributed by atoms with E-state index < -0.39 is 0 Å². The number of hydrogen-bond acceptors (Lipinski definition) is 3. The minimum Gasteiger partial charge on any atom is -0.393 e. The summed E-state index contributed by atoms with van der Waals surface area (Å²) in [4.78, 5) is 13.3. The van der Waals surface area contributed by atoms with Crippen LogP contribution in [0, 0.1) is 45.3 Å². The van der Waals surface area contributed by atoms with Crippen LogP contribution < -0.4 is 0 Å². The van der Waals surface area contributed by atoms with E-state index in [1.807, 2.05) is 0 Å². The second kappa shape index (κ2) is 7.94. The van der Waals surface area contributed by atoms with Gasteiger partial charge in [0.15, 0.2) is 0 Å². The van der Waals surface area contributed by atoms with E-state index in [-0.39, 0.29) is 39.8 Å². The van der Waals surface area contributed by atoms with Crippen molar-refractivity contribution >= 4 is 5.78 Å². The lowest BCUT2D eigenvalue weighted by molar-refractivity contribution is -0.160. The van der Waals surface area contributed by atoms with Gasteiger partial charge >= 0.3 is 0 Å². The molecule has 4 aliphatic carbocycles. The second-order valence-corrected chi connectivity index (χ2v) is 13.8. The number of rotatable bonds is 3. The summed E-state index contributed by atoms with van der Waals surface area (Å²) in [5, 5.41) is 21.5. The van der Waals surface area contributed by atoms with Crippen molar-refractivity contribution in [3.05, 3.63) is 12.2 Å². The van der Waals surface area contributed by atoms with Crippen LogP contribution in [0.15, 0.2) is 12.2 Å². The van der Waals surface area contributed by atoms with Crippen molar-refractivity contribution in [2.24, 2.45) is 45.3 Å². The lowest BCUT2D eigenvalue weighted by atomic mass is 9.45. The highest BCUT2D eigenvalue weighted by Gasteiger charge is 2.59. The van der Waals surface area contributed by atoms with E-state index in [2.05, 4.69) is 48.1 Å². The second-order valence-electron chi connectivity index (χ2n) is 13.8. The molecule has 0 radical (unpaired) electrons. The number of aliphatic hydroxyl groups excluding tert-OH is 2. The summed E-state index contributed by atoms with van der Waals surface area (Å²) in [6.45, 7) is 18.3. The van der Waals surface area contributed by atoms with Crippen LogP contribution in [-0.4, -0.2) is 28.2 Å². The Kier molecular flexibility index (Phi) is 6.07. The van der Waals surface area contributed by atoms with Crippen molar-refractivity contribution in [3.8, 4) is 0 Å². The molecule has 0 amide bonds. The summed E-state index contributed by atoms with van der Waals surface area (Å²) in [5.74, 6) is 1.91. The summed E-state index contributed by atoms with van der Waals surface area (Å²) in [7, 11) is 0. The van der Waals surface area contributed by atoms with Crippen molar-refractivity contribution in [2.45, 2.75) is 118 Å². The zero-order chi connectivity index (χ0) is 23.7. The SMILES string of the molecule is C=C1CCC2C(C)(C)C(O)CCC2(C)C1CCC1C(=O)CCC2C(C)(C)C(O)CCC12C. The van der Waals surface area contributed by atoms with Crippen LogP contribution in [0.25, 0.3) is 0 Å². The Balaban J connectivity index is 1.57. The van der Waals surface area contributed by atoms with E-state index >= 15 is 0 Å². The monoisotopic (exact) mass is 444 g/mol. The van der Waals surface area contributed by atoms with Gasteiger partial charge in [0, 0.05) is 12.3 Å². The molecule has 0 bridgehead atoms. The molecule has 0 aromatic carbocycles. The number of aliphatic hydroxyl groups is 2. The number of Topliss-reactive ketones (excluding diaryl/α,β-unsaturated/α-hetero) is 1. The first-order chi connectivity index (χ1) is 14.8. The lowest BCUT2D eigenvalue weighted by Gasteiger charge is -2.60. The van der Waals surface area contributed by atoms with Gasteiger partial charge in [-0.1, -0.05) is 53.7 Å². The van der Waals surface area contributed by atoms with E-state index in [9.17, 15) is 15.0 Å². The number of fused-ring (bicyclic) bond motifs is 2. The van der Waals surface area contributed by atoms with Crippen molar-refractivity contribution in [2.75, 3.05) is 0 Å². The molecule has 2 N–H and O–H groups in total. The van der Waals surface area contributed by atoms with Gasteiger partial charge < -0.3 is 10.2 Å². The molecule has 182 valence electrons. The molecule has 4 saturated carbocycles. The lowest BCUT2D eigenvalue weighted by Crippen LogP contribution is -2.57. The third-order valence-electron chi connectivity index (χ3n) is 11.7. The summed E-state index contributed by atoms with van der Waals surface area (Å²) < 4.78 is 0. The summed E-state index contributed by atoms with van der Waals surface area (Å²) in [5.41, 5.74) is 1.35. The maximum atomic E-state index is 13.3. The van der Waals surface area contributed by atoms with Crippen molar-refractivity contribution in [1.29, 1.82) is 0 Å². The third-order valence-corrected chi connectivity index (χ3v) is 11.7. The van der Waals surface area contributed by atoms with Crippen LogP contribution in [0.4, 0.5) is 0 Å². The standard InChI is InChI=1S/C29H48O3/c1-18-8-12-22-26(2,3)24(31)14-16-28(22,6)19(18)9-10-20-21(30)11-13-23-27(4,5)25(32)15-17-29(20,23)7/h19-20,22-25,31-32H,1,8-17H2,2-7H3. The van der Waals surface area contributed by atoms with Gasteiger partial charge in [-0.25, -0.2) is 0 Å². The Hall–Kier alpha value is -0.670. The van der Waals surface area contributed by atoms with Gasteiger partial charge in [0.1, 0.15) is 5.78 Å². The van der Waals surface area contributed by atoms with Crippen molar-refractivity contribution < 1.29 is 15.0 Å². The fourth-order valence-corrected chi connectivity index (χ4v) is 9.55. The Bertz CT molecular complexity index is 702. The minimum atomic E-state index is -0.261. The van der Waals surface area contributed by atoms with E-state index in [0.29, 0.717) is 30.0 Å². The first-order valence-corrected chi connectivity index (χ1v) is 13.3. The molecule has 8 atom stereocenters. The molecule has 4 rings (SSSR count).